The number of nitrogens with zero attached hydrogens (tertiary/aromatic N) is 2. The first kappa shape index (κ1) is 13.4. The first-order valence-electron chi connectivity index (χ1n) is 5.88. The van der Waals surface area contributed by atoms with Crippen LogP contribution in [0, 0.1) is 0 Å². The lowest BCUT2D eigenvalue weighted by Gasteiger charge is -2.27. The fourth-order valence-corrected chi connectivity index (χ4v) is 1.72. The van der Waals surface area contributed by atoms with Crippen molar-refractivity contribution in [2.45, 2.75) is 33.2 Å². The van der Waals surface area contributed by atoms with Crippen LogP contribution in [-0.2, 0) is 0 Å². The molecular formula is C12H20N4O. The molecule has 0 aliphatic heterocycles. The average Bonchev–Trinajstić information content (AvgIpc) is 2.38. The van der Waals surface area contributed by atoms with E-state index in [9.17, 15) is 4.79 Å². The summed E-state index contributed by atoms with van der Waals surface area (Å²) in [6, 6.07) is 3.67. The van der Waals surface area contributed by atoms with Crippen molar-refractivity contribution >= 4 is 11.7 Å². The van der Waals surface area contributed by atoms with E-state index in [4.69, 9.17) is 5.84 Å². The molecule has 5 heteroatoms. The molecule has 0 radical (unpaired) electrons. The molecule has 1 atom stereocenters. The Balaban J connectivity index is 3.01. The number of nitrogens with one attached hydrogen (secondary N) is 1. The molecule has 0 bridgehead atoms. The molecular weight excluding hydrogens is 216 g/mol. The average molecular weight is 236 g/mol. The van der Waals surface area contributed by atoms with Gasteiger partial charge in [-0.25, -0.2) is 10.8 Å². The quantitative estimate of drug-likeness (QED) is 0.602. The second kappa shape index (κ2) is 6.20. The molecule has 1 unspecified atom stereocenters. The summed E-state index contributed by atoms with van der Waals surface area (Å²) in [6.07, 6.45) is 2.52. The molecule has 17 heavy (non-hydrogen) atoms. The number of carbonyl (C=O) groups is 1. The molecule has 0 saturated carbocycles. The van der Waals surface area contributed by atoms with Crippen LogP contribution in [0.3, 0.4) is 0 Å². The van der Waals surface area contributed by atoms with Crippen LogP contribution < -0.4 is 11.3 Å². The van der Waals surface area contributed by atoms with E-state index in [2.05, 4.69) is 17.3 Å². The highest BCUT2D eigenvalue weighted by Crippen LogP contribution is 2.15. The van der Waals surface area contributed by atoms with Crippen LogP contribution in [-0.4, -0.2) is 28.4 Å². The molecule has 0 aliphatic carbocycles. The molecule has 1 aromatic heterocycles. The predicted molar refractivity (Wildman–Crippen MR) is 68.5 cm³/mol. The molecule has 1 amide bonds. The number of anilines is 1. The number of hydrazine groups is 1. The van der Waals surface area contributed by atoms with Crippen molar-refractivity contribution in [2.24, 2.45) is 5.84 Å². The van der Waals surface area contributed by atoms with Gasteiger partial charge in [0.2, 0.25) is 0 Å². The molecule has 0 aromatic carbocycles. The number of carbonyl (C=O) groups excluding carboxylic acids is 1. The van der Waals surface area contributed by atoms with Gasteiger partial charge in [-0.1, -0.05) is 6.92 Å². The van der Waals surface area contributed by atoms with Crippen LogP contribution in [0.1, 0.15) is 37.6 Å². The summed E-state index contributed by atoms with van der Waals surface area (Å²) in [5.41, 5.74) is 2.97. The van der Waals surface area contributed by atoms with Gasteiger partial charge in [-0.2, -0.15) is 0 Å². The third-order valence-corrected chi connectivity index (χ3v) is 2.90. The summed E-state index contributed by atoms with van der Waals surface area (Å²) < 4.78 is 0. The van der Waals surface area contributed by atoms with E-state index in [1.165, 1.54) is 0 Å². The Morgan fingerprint density at radius 1 is 1.59 bits per heavy atom. The molecule has 0 fully saturated rings. The lowest BCUT2D eigenvalue weighted by molar-refractivity contribution is 0.0700. The van der Waals surface area contributed by atoms with Gasteiger partial charge in [-0.15, -0.1) is 0 Å². The number of nitrogens with two attached hydrogens (primary N) is 1. The van der Waals surface area contributed by atoms with Crippen molar-refractivity contribution in [1.82, 2.24) is 9.88 Å². The molecule has 1 heterocycles. The number of nitrogen functional groups attached to an aromatic ring is 1. The van der Waals surface area contributed by atoms with Gasteiger partial charge < -0.3 is 10.3 Å². The van der Waals surface area contributed by atoms with Crippen LogP contribution in [0.5, 0.6) is 0 Å². The third-order valence-electron chi connectivity index (χ3n) is 2.90. The second-order valence-corrected chi connectivity index (χ2v) is 3.89. The smallest absolute Gasteiger partial charge is 0.257 e. The fourth-order valence-electron chi connectivity index (χ4n) is 1.72. The van der Waals surface area contributed by atoms with Gasteiger partial charge in [0.1, 0.15) is 0 Å². The van der Waals surface area contributed by atoms with E-state index in [-0.39, 0.29) is 11.9 Å². The van der Waals surface area contributed by atoms with Crippen LogP contribution >= 0.6 is 0 Å². The lowest BCUT2D eigenvalue weighted by Crippen LogP contribution is -2.38. The number of pyridine rings is 1. The first-order valence-corrected chi connectivity index (χ1v) is 5.88. The van der Waals surface area contributed by atoms with Crippen molar-refractivity contribution in [1.29, 1.82) is 0 Å². The summed E-state index contributed by atoms with van der Waals surface area (Å²) in [6.45, 7) is 6.74. The monoisotopic (exact) mass is 236 g/mol. The van der Waals surface area contributed by atoms with Gasteiger partial charge in [0.25, 0.3) is 5.91 Å². The summed E-state index contributed by atoms with van der Waals surface area (Å²) in [5, 5.41) is 0. The minimum Gasteiger partial charge on any atom is -0.336 e. The van der Waals surface area contributed by atoms with Crippen LogP contribution in [0.4, 0.5) is 5.82 Å². The molecule has 1 rings (SSSR count). The van der Waals surface area contributed by atoms with Crippen molar-refractivity contribution in [2.75, 3.05) is 12.0 Å². The van der Waals surface area contributed by atoms with Crippen molar-refractivity contribution in [3.63, 3.8) is 0 Å². The van der Waals surface area contributed by atoms with Gasteiger partial charge in [0.05, 0.1) is 5.56 Å². The minimum atomic E-state index is -0.0390. The fraction of sp³-hybridized carbons (Fsp3) is 0.500. The Hall–Kier alpha value is -1.62. The first-order chi connectivity index (χ1) is 8.15. The molecule has 0 spiro atoms. The van der Waals surface area contributed by atoms with E-state index < -0.39 is 0 Å². The number of rotatable bonds is 5. The lowest BCUT2D eigenvalue weighted by atomic mass is 10.1. The maximum absolute atomic E-state index is 12.3. The van der Waals surface area contributed by atoms with Crippen LogP contribution in [0.15, 0.2) is 18.3 Å². The number of hydrogen-bond donors (Lipinski definition) is 2. The predicted octanol–water partition coefficient (Wildman–Crippen LogP) is 1.63. The van der Waals surface area contributed by atoms with Gasteiger partial charge in [0.15, 0.2) is 5.82 Å². The molecule has 3 N–H and O–H groups in total. The van der Waals surface area contributed by atoms with E-state index in [1.807, 2.05) is 18.7 Å². The maximum atomic E-state index is 12.3. The van der Waals surface area contributed by atoms with Gasteiger partial charge in [0, 0.05) is 18.8 Å². The second-order valence-electron chi connectivity index (χ2n) is 3.89. The summed E-state index contributed by atoms with van der Waals surface area (Å²) in [4.78, 5) is 18.2. The molecule has 0 aliphatic rings. The van der Waals surface area contributed by atoms with E-state index in [0.717, 1.165) is 6.42 Å². The van der Waals surface area contributed by atoms with Gasteiger partial charge in [-0.3, -0.25) is 4.79 Å². The summed E-state index contributed by atoms with van der Waals surface area (Å²) in [7, 11) is 0. The van der Waals surface area contributed by atoms with Crippen molar-refractivity contribution < 1.29 is 4.79 Å². The van der Waals surface area contributed by atoms with Gasteiger partial charge in [-0.05, 0) is 32.4 Å². The summed E-state index contributed by atoms with van der Waals surface area (Å²) >= 11 is 0. The van der Waals surface area contributed by atoms with Crippen molar-refractivity contribution in [3.8, 4) is 0 Å². The molecule has 94 valence electrons. The zero-order valence-corrected chi connectivity index (χ0v) is 10.6. The minimum absolute atomic E-state index is 0.0390. The Bertz CT molecular complexity index is 381. The SMILES string of the molecule is CCC(C)N(CC)C(=O)c1cccnc1NN. The highest BCUT2D eigenvalue weighted by molar-refractivity contribution is 5.98. The number of amides is 1. The highest BCUT2D eigenvalue weighted by atomic mass is 16.2. The topological polar surface area (TPSA) is 71.2 Å². The Morgan fingerprint density at radius 2 is 2.29 bits per heavy atom. The maximum Gasteiger partial charge on any atom is 0.257 e. The van der Waals surface area contributed by atoms with E-state index in [1.54, 1.807) is 18.3 Å². The zero-order valence-electron chi connectivity index (χ0n) is 10.6. The van der Waals surface area contributed by atoms with Gasteiger partial charge >= 0.3 is 0 Å². The van der Waals surface area contributed by atoms with Crippen molar-refractivity contribution in [3.05, 3.63) is 23.9 Å². The standard InChI is InChI=1S/C12H20N4O/c1-4-9(3)16(5-2)12(17)10-7-6-8-14-11(10)15-13/h6-9H,4-5,13H2,1-3H3,(H,14,15). The van der Waals surface area contributed by atoms with E-state index in [0.29, 0.717) is 17.9 Å². The third kappa shape index (κ3) is 2.94. The van der Waals surface area contributed by atoms with E-state index >= 15 is 0 Å². The zero-order chi connectivity index (χ0) is 12.8. The molecule has 1 aromatic rings. The molecule has 0 saturated heterocycles. The Morgan fingerprint density at radius 3 is 2.82 bits per heavy atom. The summed E-state index contributed by atoms with van der Waals surface area (Å²) in [5.74, 6) is 5.73. The highest BCUT2D eigenvalue weighted by Gasteiger charge is 2.21. The van der Waals surface area contributed by atoms with Crippen LogP contribution in [0.25, 0.3) is 0 Å². The number of hydrogen-bond acceptors (Lipinski definition) is 4. The number of aromatic nitrogens is 1. The molecule has 5 nitrogen and oxygen atoms in total. The largest absolute Gasteiger partial charge is 0.336 e. The Labute approximate surface area is 102 Å². The Kier molecular flexibility index (Phi) is 4.90. The normalized spacial score (nSPS) is 12.0. The van der Waals surface area contributed by atoms with Crippen LogP contribution in [0.2, 0.25) is 0 Å².